The summed E-state index contributed by atoms with van der Waals surface area (Å²) in [5.74, 6) is -8.49. The SMILES string of the molecule is O=C([O-])/C=C(C(=O)[O-])/C(=C/C(=O)[O-])C(=O)[O-].[Na+].[Na+].[Na+].[Na+]. The van der Waals surface area contributed by atoms with E-state index in [1.807, 2.05) is 0 Å². The molecule has 0 N–H and O–H groups in total. The third-order valence-electron chi connectivity index (χ3n) is 1.25. The number of carbonyl (C=O) groups excluding carboxylic acids is 4. The summed E-state index contributed by atoms with van der Waals surface area (Å²) in [5, 5.41) is 40.8. The van der Waals surface area contributed by atoms with Crippen molar-refractivity contribution in [1.82, 2.24) is 0 Å². The zero-order chi connectivity index (χ0) is 12.9. The van der Waals surface area contributed by atoms with Crippen molar-refractivity contribution in [3.8, 4) is 0 Å². The molecule has 0 saturated heterocycles. The second kappa shape index (κ2) is 16.7. The molecule has 0 atom stereocenters. The maximum atomic E-state index is 10.3. The van der Waals surface area contributed by atoms with Gasteiger partial charge in [0, 0.05) is 11.1 Å². The number of carbonyl (C=O) groups is 4. The van der Waals surface area contributed by atoms with Crippen LogP contribution in [0.2, 0.25) is 0 Å². The summed E-state index contributed by atoms with van der Waals surface area (Å²) < 4.78 is 0. The summed E-state index contributed by atoms with van der Waals surface area (Å²) in [6, 6.07) is 0. The Labute approximate surface area is 201 Å². The van der Waals surface area contributed by atoms with Crippen LogP contribution in [0.1, 0.15) is 0 Å². The van der Waals surface area contributed by atoms with Gasteiger partial charge in [0.1, 0.15) is 0 Å². The smallest absolute Gasteiger partial charge is 0.545 e. The van der Waals surface area contributed by atoms with Gasteiger partial charge < -0.3 is 39.6 Å². The average Bonchev–Trinajstić information content (AvgIpc) is 2.09. The maximum Gasteiger partial charge on any atom is 1.00 e. The van der Waals surface area contributed by atoms with Gasteiger partial charge in [0.25, 0.3) is 0 Å². The summed E-state index contributed by atoms with van der Waals surface area (Å²) >= 11 is 0. The van der Waals surface area contributed by atoms with Gasteiger partial charge in [-0.15, -0.1) is 0 Å². The van der Waals surface area contributed by atoms with E-state index in [0.29, 0.717) is 0 Å². The largest absolute Gasteiger partial charge is 1.00 e. The van der Waals surface area contributed by atoms with Crippen LogP contribution in [-0.4, -0.2) is 23.9 Å². The summed E-state index contributed by atoms with van der Waals surface area (Å²) in [6.45, 7) is 0. The van der Waals surface area contributed by atoms with Crippen LogP contribution in [0.4, 0.5) is 0 Å². The van der Waals surface area contributed by atoms with Crippen molar-refractivity contribution in [2.75, 3.05) is 0 Å². The Bertz CT molecular complexity index is 388. The van der Waals surface area contributed by atoms with Gasteiger partial charge in [-0.3, -0.25) is 0 Å². The van der Waals surface area contributed by atoms with Gasteiger partial charge in [0.05, 0.1) is 23.9 Å². The molecule has 0 heterocycles. The van der Waals surface area contributed by atoms with Crippen molar-refractivity contribution >= 4 is 23.9 Å². The van der Waals surface area contributed by atoms with Crippen LogP contribution in [-0.2, 0) is 19.2 Å². The standard InChI is InChI=1S/C8H6O8.4Na/c9-5(10)1-3(7(13)14)4(8(15)16)2-6(11)12;;;;/h1-2H,(H,9,10)(H,11,12)(H,13,14)(H,15,16);;;;/q;4*+1/p-4/b3-1-,4-2-;;;;. The van der Waals surface area contributed by atoms with E-state index < -0.39 is 35.0 Å². The molecule has 0 aliphatic rings. The third kappa shape index (κ3) is 14.3. The van der Waals surface area contributed by atoms with E-state index in [1.165, 1.54) is 0 Å². The van der Waals surface area contributed by atoms with E-state index in [4.69, 9.17) is 0 Å². The molecule has 0 aliphatic heterocycles. The summed E-state index contributed by atoms with van der Waals surface area (Å²) in [5.41, 5.74) is -2.80. The number of hydrogen-bond acceptors (Lipinski definition) is 8. The fourth-order valence-corrected chi connectivity index (χ4v) is 0.729. The monoisotopic (exact) mass is 318 g/mol. The van der Waals surface area contributed by atoms with Crippen molar-refractivity contribution in [2.45, 2.75) is 0 Å². The van der Waals surface area contributed by atoms with E-state index in [9.17, 15) is 39.6 Å². The van der Waals surface area contributed by atoms with Crippen LogP contribution < -0.4 is 139 Å². The summed E-state index contributed by atoms with van der Waals surface area (Å²) in [7, 11) is 0. The maximum absolute atomic E-state index is 10.3. The third-order valence-corrected chi connectivity index (χ3v) is 1.25. The van der Waals surface area contributed by atoms with Crippen LogP contribution in [0.25, 0.3) is 0 Å². The van der Waals surface area contributed by atoms with Crippen molar-refractivity contribution in [3.63, 3.8) is 0 Å². The van der Waals surface area contributed by atoms with Gasteiger partial charge in [-0.05, 0) is 12.2 Å². The van der Waals surface area contributed by atoms with Crippen molar-refractivity contribution in [3.05, 3.63) is 23.3 Å². The first-order valence-electron chi connectivity index (χ1n) is 3.54. The van der Waals surface area contributed by atoms with Gasteiger partial charge in [0.15, 0.2) is 0 Å². The zero-order valence-electron chi connectivity index (χ0n) is 11.4. The van der Waals surface area contributed by atoms with Crippen molar-refractivity contribution in [2.24, 2.45) is 0 Å². The molecule has 0 saturated carbocycles. The molecule has 0 amide bonds. The minimum atomic E-state index is -2.21. The summed E-state index contributed by atoms with van der Waals surface area (Å²) in [4.78, 5) is 40.8. The molecule has 0 aromatic carbocycles. The van der Waals surface area contributed by atoms with Gasteiger partial charge in [-0.1, -0.05) is 0 Å². The van der Waals surface area contributed by atoms with E-state index in [2.05, 4.69) is 0 Å². The molecule has 0 unspecified atom stereocenters. The first kappa shape index (κ1) is 33.1. The van der Waals surface area contributed by atoms with E-state index in [-0.39, 0.29) is 130 Å². The van der Waals surface area contributed by atoms with Crippen LogP contribution >= 0.6 is 0 Å². The van der Waals surface area contributed by atoms with Crippen LogP contribution in [0.15, 0.2) is 23.3 Å². The molecule has 86 valence electrons. The Morgan fingerprint density at radius 2 is 0.750 bits per heavy atom. The molecule has 0 aliphatic carbocycles. The predicted molar refractivity (Wildman–Crippen MR) is 36.2 cm³/mol. The van der Waals surface area contributed by atoms with Gasteiger partial charge in [-0.2, -0.15) is 0 Å². The first-order valence-corrected chi connectivity index (χ1v) is 3.54. The van der Waals surface area contributed by atoms with Gasteiger partial charge in [0.2, 0.25) is 0 Å². The Morgan fingerprint density at radius 3 is 0.850 bits per heavy atom. The average molecular weight is 318 g/mol. The van der Waals surface area contributed by atoms with Crippen LogP contribution in [0.3, 0.4) is 0 Å². The fraction of sp³-hybridized carbons (Fsp3) is 0. The van der Waals surface area contributed by atoms with E-state index in [0.717, 1.165) is 0 Å². The van der Waals surface area contributed by atoms with Crippen LogP contribution in [0.5, 0.6) is 0 Å². The molecule has 0 aromatic rings. The molecule has 0 fully saturated rings. The molecule has 0 aromatic heterocycles. The van der Waals surface area contributed by atoms with Crippen molar-refractivity contribution < 1.29 is 158 Å². The molecule has 0 rings (SSSR count). The number of carboxylic acid groups (broad SMARTS) is 4. The van der Waals surface area contributed by atoms with Crippen molar-refractivity contribution in [1.29, 1.82) is 0 Å². The molecule has 8 nitrogen and oxygen atoms in total. The Morgan fingerprint density at radius 1 is 0.550 bits per heavy atom. The molecular weight excluding hydrogens is 316 g/mol. The van der Waals surface area contributed by atoms with Gasteiger partial charge in [-0.25, -0.2) is 0 Å². The fourth-order valence-electron chi connectivity index (χ4n) is 0.729. The second-order valence-electron chi connectivity index (χ2n) is 2.33. The molecule has 0 bridgehead atoms. The molecule has 12 heteroatoms. The van der Waals surface area contributed by atoms with Gasteiger partial charge >= 0.3 is 118 Å². The normalized spacial score (nSPS) is 9.60. The summed E-state index contributed by atoms with van der Waals surface area (Å²) in [6.07, 6.45) is -0.278. The van der Waals surface area contributed by atoms with Crippen LogP contribution in [0, 0.1) is 0 Å². The predicted octanol–water partition coefficient (Wildman–Crippen LogP) is -18.1. The molecule has 0 radical (unpaired) electrons. The minimum Gasteiger partial charge on any atom is -0.545 e. The molecule has 20 heavy (non-hydrogen) atoms. The zero-order valence-corrected chi connectivity index (χ0v) is 19.4. The number of aliphatic carboxylic acids is 4. The molecule has 0 spiro atoms. The number of hydrogen-bond donors (Lipinski definition) is 0. The molecular formula is C8H2Na4O8. The number of carboxylic acids is 4. The second-order valence-corrected chi connectivity index (χ2v) is 2.33. The van der Waals surface area contributed by atoms with E-state index >= 15 is 0 Å². The minimum absolute atomic E-state index is 0. The Hall–Kier alpha value is 1.36. The Balaban J connectivity index is -0.000000187. The quantitative estimate of drug-likeness (QED) is 0.274. The van der Waals surface area contributed by atoms with E-state index in [1.54, 1.807) is 0 Å². The number of rotatable bonds is 5. The Kier molecular flexibility index (Phi) is 27.7. The topological polar surface area (TPSA) is 161 Å². The first-order chi connectivity index (χ1) is 7.25.